The van der Waals surface area contributed by atoms with Crippen LogP contribution in [0.1, 0.15) is 0 Å². The molecule has 0 atom stereocenters. The zero-order valence-corrected chi connectivity index (χ0v) is 4.28. The third-order valence-corrected chi connectivity index (χ3v) is 0. The Bertz CT molecular complexity index is 7.51. The molecule has 0 heterocycles. The maximum Gasteiger partial charge on any atom is 3.00 e. The van der Waals surface area contributed by atoms with Crippen molar-refractivity contribution < 1.29 is 21.9 Å². The Balaban J connectivity index is 0. The summed E-state index contributed by atoms with van der Waals surface area (Å²) in [6.07, 6.45) is 0. The second kappa shape index (κ2) is 906. The molecule has 0 radical (unpaired) electrons. The molecule has 0 aliphatic carbocycles. The van der Waals surface area contributed by atoms with Crippen LogP contribution in [0.5, 0.6) is 0 Å². The molecule has 0 saturated heterocycles. The van der Waals surface area contributed by atoms with Crippen molar-refractivity contribution in [1.82, 2.24) is 6.15 Å². The van der Waals surface area contributed by atoms with Crippen molar-refractivity contribution in [1.29, 1.82) is 0 Å². The van der Waals surface area contributed by atoms with Gasteiger partial charge in [0, 0.05) is 0 Å². The molecule has 0 aromatic rings. The summed E-state index contributed by atoms with van der Waals surface area (Å²) in [5.41, 5.74) is 0. The Morgan fingerprint density at radius 1 is 0.667 bits per heavy atom. The van der Waals surface area contributed by atoms with Crippen LogP contribution in [0.25, 0.3) is 0 Å². The van der Waals surface area contributed by atoms with Gasteiger partial charge in [0.25, 0.3) is 0 Å². The van der Waals surface area contributed by atoms with Crippen molar-refractivity contribution >= 4 is 17.4 Å². The van der Waals surface area contributed by atoms with Crippen LogP contribution in [0, 0.1) is 0 Å². The summed E-state index contributed by atoms with van der Waals surface area (Å²) in [5, 5.41) is 0. The Hall–Kier alpha value is 0.332. The van der Waals surface area contributed by atoms with E-state index in [1.54, 1.807) is 0 Å². The molecule has 0 aliphatic rings. The number of hydrogen-bond donors (Lipinski definition) is 1. The molecular formula is H8AlNO4. The molecule has 0 unspecified atom stereocenters. The molecule has 0 bridgehead atoms. The average molecular weight is 113 g/mol. The van der Waals surface area contributed by atoms with Crippen LogP contribution in [0.4, 0.5) is 0 Å². The molecule has 0 fully saturated rings. The van der Waals surface area contributed by atoms with E-state index in [1.807, 2.05) is 0 Å². The first kappa shape index (κ1) is 1630. The first-order chi connectivity index (χ1) is 0. The van der Waals surface area contributed by atoms with Crippen LogP contribution in [0.3, 0.4) is 0 Å². The van der Waals surface area contributed by atoms with Gasteiger partial charge >= 0.3 is 17.4 Å². The van der Waals surface area contributed by atoms with Gasteiger partial charge in [0.2, 0.25) is 0 Å². The van der Waals surface area contributed by atoms with E-state index in [2.05, 4.69) is 0 Å². The van der Waals surface area contributed by atoms with Gasteiger partial charge in [0.15, 0.2) is 0 Å². The van der Waals surface area contributed by atoms with Gasteiger partial charge in [-0.15, -0.1) is 0 Å². The van der Waals surface area contributed by atoms with Crippen molar-refractivity contribution in [2.75, 3.05) is 0 Å². The molecule has 0 spiro atoms. The molecule has 0 aromatic heterocycles. The van der Waals surface area contributed by atoms with Crippen LogP contribution in [0.15, 0.2) is 0 Å². The normalized spacial score (nSPS) is 0. The van der Waals surface area contributed by atoms with E-state index in [9.17, 15) is 0 Å². The molecule has 5 nitrogen and oxygen atoms in total. The van der Waals surface area contributed by atoms with Crippen molar-refractivity contribution in [2.45, 2.75) is 0 Å². The van der Waals surface area contributed by atoms with Crippen LogP contribution < -0.4 is 6.15 Å². The Kier molecular flexibility index (Phi) is 246000. The summed E-state index contributed by atoms with van der Waals surface area (Å²) in [5.74, 6) is 0. The predicted octanol–water partition coefficient (Wildman–Crippen LogP) is -1.57. The van der Waals surface area contributed by atoms with Crippen molar-refractivity contribution in [2.24, 2.45) is 0 Å². The minimum Gasteiger partial charge on any atom is -0.870 e. The summed E-state index contributed by atoms with van der Waals surface area (Å²) in [7, 11) is 0. The zero-order valence-electron chi connectivity index (χ0n) is 3.13. The standard InChI is InChI=1S/Al.H3N.4H2O/h;1H3;4*1H2/q+3;;;;;/p-3. The van der Waals surface area contributed by atoms with Crippen molar-refractivity contribution in [3.63, 3.8) is 0 Å². The van der Waals surface area contributed by atoms with E-state index in [-0.39, 0.29) is 45.4 Å². The third kappa shape index (κ3) is 435. The van der Waals surface area contributed by atoms with E-state index in [0.717, 1.165) is 0 Å². The third-order valence-electron chi connectivity index (χ3n) is 0. The van der Waals surface area contributed by atoms with Gasteiger partial charge in [-0.3, -0.25) is 0 Å². The van der Waals surface area contributed by atoms with Crippen LogP contribution in [-0.2, 0) is 0 Å². The second-order valence-corrected chi connectivity index (χ2v) is 0. The minimum absolute atomic E-state index is 0. The second-order valence-electron chi connectivity index (χ2n) is 0. The van der Waals surface area contributed by atoms with E-state index in [0.29, 0.717) is 0 Å². The largest absolute Gasteiger partial charge is 3.00 e. The Morgan fingerprint density at radius 3 is 0.667 bits per heavy atom. The van der Waals surface area contributed by atoms with Gasteiger partial charge in [0.1, 0.15) is 0 Å². The fraction of sp³-hybridized carbons (Fsp3) is 0. The van der Waals surface area contributed by atoms with Gasteiger partial charge < -0.3 is 28.1 Å². The van der Waals surface area contributed by atoms with Crippen LogP contribution >= 0.6 is 0 Å². The molecule has 0 rings (SSSR count). The monoisotopic (exact) mass is 113 g/mol. The van der Waals surface area contributed by atoms with Crippen LogP contribution in [-0.4, -0.2) is 39.3 Å². The molecule has 6 heteroatoms. The number of rotatable bonds is 0. The fourth-order valence-electron chi connectivity index (χ4n) is 0. The molecule has 0 aromatic carbocycles. The molecule has 8 N–H and O–H groups in total. The van der Waals surface area contributed by atoms with Crippen molar-refractivity contribution in [3.8, 4) is 0 Å². The molecular weight excluding hydrogens is 105 g/mol. The van der Waals surface area contributed by atoms with E-state index >= 15 is 0 Å². The topological polar surface area (TPSA) is 156 Å². The first-order valence-electron chi connectivity index (χ1n) is 0. The van der Waals surface area contributed by atoms with Gasteiger partial charge in [-0.1, -0.05) is 0 Å². The summed E-state index contributed by atoms with van der Waals surface area (Å²) in [4.78, 5) is 0. The van der Waals surface area contributed by atoms with Crippen LogP contribution in [0.2, 0.25) is 0 Å². The van der Waals surface area contributed by atoms with Gasteiger partial charge in [-0.2, -0.15) is 0 Å². The minimum atomic E-state index is 0. The Labute approximate surface area is 46.3 Å². The maximum absolute atomic E-state index is 0. The summed E-state index contributed by atoms with van der Waals surface area (Å²) >= 11 is 0. The van der Waals surface area contributed by atoms with E-state index in [1.165, 1.54) is 0 Å². The predicted molar refractivity (Wildman–Crippen MR) is 20.2 cm³/mol. The summed E-state index contributed by atoms with van der Waals surface area (Å²) < 4.78 is 0. The van der Waals surface area contributed by atoms with Gasteiger partial charge in [-0.25, -0.2) is 0 Å². The fourth-order valence-corrected chi connectivity index (χ4v) is 0. The molecule has 0 saturated carbocycles. The smallest absolute Gasteiger partial charge is 0.870 e. The summed E-state index contributed by atoms with van der Waals surface area (Å²) in [6.45, 7) is 0. The van der Waals surface area contributed by atoms with Crippen molar-refractivity contribution in [3.05, 3.63) is 0 Å². The molecule has 40 valence electrons. The average Bonchev–Trinajstić information content (AvgIpc) is 0. The van der Waals surface area contributed by atoms with E-state index < -0.39 is 0 Å². The van der Waals surface area contributed by atoms with Gasteiger partial charge in [0.05, 0.1) is 0 Å². The molecule has 6 heavy (non-hydrogen) atoms. The Morgan fingerprint density at radius 2 is 0.667 bits per heavy atom. The maximum atomic E-state index is 0. The quantitative estimate of drug-likeness (QED) is 0.376. The zero-order chi connectivity index (χ0) is 0. The van der Waals surface area contributed by atoms with Gasteiger partial charge in [-0.05, 0) is 0 Å². The SMILES string of the molecule is N.O.[Al+3].[OH-].[OH-].[OH-]. The first-order valence-corrected chi connectivity index (χ1v) is 0. The summed E-state index contributed by atoms with van der Waals surface area (Å²) in [6, 6.07) is 0. The van der Waals surface area contributed by atoms with E-state index in [4.69, 9.17) is 0 Å². The number of hydrogen-bond acceptors (Lipinski definition) is 4. The molecule has 0 aliphatic heterocycles. The molecule has 0 amide bonds.